The molecule has 1 aliphatic rings. The molecule has 0 radical (unpaired) electrons. The number of carboxylic acid groups (broad SMARTS) is 1. The third kappa shape index (κ3) is 3.15. The second-order valence-corrected chi connectivity index (χ2v) is 8.78. The molecule has 2 aromatic rings. The standard InChI is InChI=1S/C18H19NO5S2/c1-3-14-15-9-11-25-16(15)8-10-19(17(14)18(20)21)26(22,23)13-6-4-12(24-2)5-7-13/h3-7,9,11,14,17H,1,8,10H2,2H3,(H,20,21)/t14-,17+/m1/s1. The van der Waals surface area contributed by atoms with Gasteiger partial charge in [-0.25, -0.2) is 8.42 Å². The van der Waals surface area contributed by atoms with Crippen molar-refractivity contribution in [3.8, 4) is 5.75 Å². The predicted molar refractivity (Wildman–Crippen MR) is 99.3 cm³/mol. The molecule has 26 heavy (non-hydrogen) atoms. The Balaban J connectivity index is 2.08. The fourth-order valence-electron chi connectivity index (χ4n) is 3.24. The number of carboxylic acids is 1. The van der Waals surface area contributed by atoms with Gasteiger partial charge in [-0.2, -0.15) is 4.31 Å². The molecule has 0 amide bonds. The van der Waals surface area contributed by atoms with Crippen molar-refractivity contribution < 1.29 is 23.1 Å². The van der Waals surface area contributed by atoms with Crippen molar-refractivity contribution in [2.24, 2.45) is 0 Å². The number of nitrogens with zero attached hydrogens (tertiary/aromatic N) is 1. The maximum absolute atomic E-state index is 13.2. The number of aliphatic carboxylic acids is 1. The molecule has 0 unspecified atom stereocenters. The summed E-state index contributed by atoms with van der Waals surface area (Å²) in [5.74, 6) is -1.27. The summed E-state index contributed by atoms with van der Waals surface area (Å²) in [4.78, 5) is 13.1. The number of ether oxygens (including phenoxy) is 1. The maximum Gasteiger partial charge on any atom is 0.322 e. The molecule has 3 rings (SSSR count). The van der Waals surface area contributed by atoms with Gasteiger partial charge in [0, 0.05) is 17.3 Å². The quantitative estimate of drug-likeness (QED) is 0.790. The van der Waals surface area contributed by atoms with E-state index < -0.39 is 28.0 Å². The number of methoxy groups -OCH3 is 1. The minimum atomic E-state index is -3.99. The molecule has 0 saturated carbocycles. The van der Waals surface area contributed by atoms with Crippen LogP contribution in [0.2, 0.25) is 0 Å². The molecule has 0 bridgehead atoms. The lowest BCUT2D eigenvalue weighted by molar-refractivity contribution is -0.141. The third-order valence-electron chi connectivity index (χ3n) is 4.52. The lowest BCUT2D eigenvalue weighted by atomic mass is 9.93. The van der Waals surface area contributed by atoms with E-state index in [1.165, 1.54) is 36.7 Å². The predicted octanol–water partition coefficient (Wildman–Crippen LogP) is 2.73. The van der Waals surface area contributed by atoms with Crippen LogP contribution in [0.1, 0.15) is 16.4 Å². The Morgan fingerprint density at radius 1 is 1.35 bits per heavy atom. The molecular weight excluding hydrogens is 374 g/mol. The fraction of sp³-hybridized carbons (Fsp3) is 0.278. The Labute approximate surface area is 156 Å². The monoisotopic (exact) mass is 393 g/mol. The van der Waals surface area contributed by atoms with E-state index in [0.717, 1.165) is 14.7 Å². The van der Waals surface area contributed by atoms with Gasteiger partial charge in [-0.3, -0.25) is 4.79 Å². The molecule has 8 heteroatoms. The van der Waals surface area contributed by atoms with Crippen molar-refractivity contribution in [3.63, 3.8) is 0 Å². The summed E-state index contributed by atoms with van der Waals surface area (Å²) in [7, 11) is -2.50. The second kappa shape index (κ2) is 7.22. The van der Waals surface area contributed by atoms with Crippen LogP contribution >= 0.6 is 11.3 Å². The van der Waals surface area contributed by atoms with Crippen LogP contribution in [0.25, 0.3) is 0 Å². The second-order valence-electron chi connectivity index (χ2n) is 5.88. The summed E-state index contributed by atoms with van der Waals surface area (Å²) in [6, 6.07) is 6.55. The third-order valence-corrected chi connectivity index (χ3v) is 7.41. The Bertz CT molecular complexity index is 917. The first-order chi connectivity index (χ1) is 12.4. The number of benzene rings is 1. The van der Waals surface area contributed by atoms with Gasteiger partial charge < -0.3 is 9.84 Å². The topological polar surface area (TPSA) is 83.9 Å². The van der Waals surface area contributed by atoms with Crippen molar-refractivity contribution in [1.82, 2.24) is 4.31 Å². The first kappa shape index (κ1) is 18.6. The van der Waals surface area contributed by atoms with Crippen LogP contribution in [0.15, 0.2) is 53.3 Å². The average molecular weight is 393 g/mol. The van der Waals surface area contributed by atoms with E-state index in [1.807, 2.05) is 11.4 Å². The molecule has 2 heterocycles. The molecule has 0 spiro atoms. The van der Waals surface area contributed by atoms with Gasteiger partial charge in [0.15, 0.2) is 0 Å². The van der Waals surface area contributed by atoms with Gasteiger partial charge >= 0.3 is 5.97 Å². The SMILES string of the molecule is C=C[C@@H]1c2ccsc2CCN(S(=O)(=O)c2ccc(OC)cc2)[C@@H]1C(=O)O. The zero-order valence-corrected chi connectivity index (χ0v) is 15.8. The van der Waals surface area contributed by atoms with Crippen LogP contribution in [0, 0.1) is 0 Å². The fourth-order valence-corrected chi connectivity index (χ4v) is 5.77. The van der Waals surface area contributed by atoms with E-state index in [4.69, 9.17) is 4.74 Å². The highest BCUT2D eigenvalue weighted by molar-refractivity contribution is 7.89. The summed E-state index contributed by atoms with van der Waals surface area (Å²) < 4.78 is 32.5. The smallest absolute Gasteiger partial charge is 0.322 e. The lowest BCUT2D eigenvalue weighted by Crippen LogP contribution is -2.47. The van der Waals surface area contributed by atoms with E-state index in [1.54, 1.807) is 12.1 Å². The summed E-state index contributed by atoms with van der Waals surface area (Å²) in [5, 5.41) is 11.7. The first-order valence-electron chi connectivity index (χ1n) is 7.97. The van der Waals surface area contributed by atoms with Crippen molar-refractivity contribution in [1.29, 1.82) is 0 Å². The van der Waals surface area contributed by atoms with E-state index in [9.17, 15) is 18.3 Å². The van der Waals surface area contributed by atoms with Crippen LogP contribution in [-0.4, -0.2) is 43.5 Å². The number of hydrogen-bond donors (Lipinski definition) is 1. The number of sulfonamides is 1. The molecule has 138 valence electrons. The molecule has 2 atom stereocenters. The Kier molecular flexibility index (Phi) is 5.17. The van der Waals surface area contributed by atoms with Crippen molar-refractivity contribution in [2.45, 2.75) is 23.3 Å². The molecule has 0 aliphatic carbocycles. The molecular formula is C18H19NO5S2. The van der Waals surface area contributed by atoms with Crippen LogP contribution in [0.4, 0.5) is 0 Å². The molecule has 0 saturated heterocycles. The molecule has 1 aromatic heterocycles. The van der Waals surface area contributed by atoms with Crippen molar-refractivity contribution in [3.05, 3.63) is 58.8 Å². The van der Waals surface area contributed by atoms with Gasteiger partial charge in [0.2, 0.25) is 10.0 Å². The Hall–Kier alpha value is -2.16. The summed E-state index contributed by atoms with van der Waals surface area (Å²) in [6.07, 6.45) is 1.99. The molecule has 1 N–H and O–H groups in total. The van der Waals surface area contributed by atoms with Crippen LogP contribution in [-0.2, 0) is 21.2 Å². The highest BCUT2D eigenvalue weighted by Crippen LogP contribution is 2.37. The number of hydrogen-bond acceptors (Lipinski definition) is 5. The highest BCUT2D eigenvalue weighted by Gasteiger charge is 2.43. The largest absolute Gasteiger partial charge is 0.497 e. The van der Waals surface area contributed by atoms with Crippen molar-refractivity contribution >= 4 is 27.3 Å². The average Bonchev–Trinajstić information content (AvgIpc) is 3.02. The van der Waals surface area contributed by atoms with Crippen LogP contribution in [0.3, 0.4) is 0 Å². The van der Waals surface area contributed by atoms with E-state index in [2.05, 4.69) is 6.58 Å². The maximum atomic E-state index is 13.2. The summed E-state index contributed by atoms with van der Waals surface area (Å²) in [5.41, 5.74) is 0.838. The normalized spacial score (nSPS) is 20.8. The number of thiophene rings is 1. The molecule has 1 aromatic carbocycles. The van der Waals surface area contributed by atoms with Crippen LogP contribution < -0.4 is 4.74 Å². The lowest BCUT2D eigenvalue weighted by Gasteiger charge is -2.30. The van der Waals surface area contributed by atoms with E-state index in [-0.39, 0.29) is 11.4 Å². The number of rotatable bonds is 5. The Morgan fingerprint density at radius 2 is 2.04 bits per heavy atom. The summed E-state index contributed by atoms with van der Waals surface area (Å²) in [6.45, 7) is 3.85. The highest BCUT2D eigenvalue weighted by atomic mass is 32.2. The number of fused-ring (bicyclic) bond motifs is 1. The Morgan fingerprint density at radius 3 is 2.62 bits per heavy atom. The van der Waals surface area contributed by atoms with E-state index >= 15 is 0 Å². The van der Waals surface area contributed by atoms with Gasteiger partial charge in [0.25, 0.3) is 0 Å². The molecule has 6 nitrogen and oxygen atoms in total. The van der Waals surface area contributed by atoms with Gasteiger partial charge in [0.05, 0.1) is 12.0 Å². The van der Waals surface area contributed by atoms with Gasteiger partial charge in [-0.1, -0.05) is 6.08 Å². The zero-order chi connectivity index (χ0) is 18.9. The van der Waals surface area contributed by atoms with Gasteiger partial charge in [-0.15, -0.1) is 17.9 Å². The van der Waals surface area contributed by atoms with Gasteiger partial charge in [-0.05, 0) is 47.7 Å². The van der Waals surface area contributed by atoms with Gasteiger partial charge in [0.1, 0.15) is 11.8 Å². The summed E-state index contributed by atoms with van der Waals surface area (Å²) >= 11 is 1.51. The zero-order valence-electron chi connectivity index (χ0n) is 14.2. The van der Waals surface area contributed by atoms with E-state index in [0.29, 0.717) is 12.2 Å². The van der Waals surface area contributed by atoms with Crippen molar-refractivity contribution in [2.75, 3.05) is 13.7 Å². The molecule has 1 aliphatic heterocycles. The number of carbonyl (C=O) groups is 1. The first-order valence-corrected chi connectivity index (χ1v) is 10.3. The minimum Gasteiger partial charge on any atom is -0.497 e. The van der Waals surface area contributed by atoms with Crippen LogP contribution in [0.5, 0.6) is 5.75 Å². The molecule has 0 fully saturated rings. The minimum absolute atomic E-state index is 0.0395.